The van der Waals surface area contributed by atoms with Crippen LogP contribution in [0.4, 0.5) is 0 Å². The van der Waals surface area contributed by atoms with Crippen molar-refractivity contribution in [3.05, 3.63) is 0 Å². The molecule has 1 N–H and O–H groups in total. The van der Waals surface area contributed by atoms with Crippen LogP contribution in [0.15, 0.2) is 0 Å². The van der Waals surface area contributed by atoms with Gasteiger partial charge in [0.05, 0.1) is 18.3 Å². The third kappa shape index (κ3) is 3.11. The Kier molecular flexibility index (Phi) is 4.85. The van der Waals surface area contributed by atoms with Gasteiger partial charge < -0.3 is 9.64 Å². The van der Waals surface area contributed by atoms with Crippen molar-refractivity contribution < 1.29 is 9.53 Å². The van der Waals surface area contributed by atoms with Gasteiger partial charge in [0.2, 0.25) is 5.91 Å². The van der Waals surface area contributed by atoms with E-state index in [1.54, 1.807) is 0 Å². The summed E-state index contributed by atoms with van der Waals surface area (Å²) in [6.07, 6.45) is 9.81. The molecule has 3 aliphatic rings. The van der Waals surface area contributed by atoms with Crippen LogP contribution >= 0.6 is 0 Å². The minimum Gasteiger partial charge on any atom is -0.378 e. The fourth-order valence-electron chi connectivity index (χ4n) is 4.44. The average Bonchev–Trinajstić information content (AvgIpc) is 3.08. The predicted molar refractivity (Wildman–Crippen MR) is 82.9 cm³/mol. The fraction of sp³-hybridized carbons (Fsp3) is 0.941. The van der Waals surface area contributed by atoms with Crippen molar-refractivity contribution in [2.45, 2.75) is 89.6 Å². The Morgan fingerprint density at radius 3 is 2.71 bits per heavy atom. The third-order valence-corrected chi connectivity index (χ3v) is 5.50. The first-order valence-corrected chi connectivity index (χ1v) is 8.90. The molecule has 120 valence electrons. The maximum atomic E-state index is 12.9. The van der Waals surface area contributed by atoms with Crippen molar-refractivity contribution in [2.75, 3.05) is 6.61 Å². The summed E-state index contributed by atoms with van der Waals surface area (Å²) >= 11 is 0. The molecule has 2 saturated heterocycles. The van der Waals surface area contributed by atoms with Gasteiger partial charge in [-0.15, -0.1) is 0 Å². The second kappa shape index (κ2) is 6.66. The molecule has 4 atom stereocenters. The van der Waals surface area contributed by atoms with Crippen molar-refractivity contribution in [1.82, 2.24) is 10.2 Å². The zero-order valence-corrected chi connectivity index (χ0v) is 13.5. The van der Waals surface area contributed by atoms with E-state index in [0.29, 0.717) is 17.9 Å². The van der Waals surface area contributed by atoms with Crippen LogP contribution in [0.25, 0.3) is 0 Å². The molecule has 0 radical (unpaired) electrons. The molecule has 0 spiro atoms. The normalized spacial score (nSPS) is 38.4. The van der Waals surface area contributed by atoms with Crippen LogP contribution in [0.3, 0.4) is 0 Å². The Labute approximate surface area is 128 Å². The van der Waals surface area contributed by atoms with Gasteiger partial charge in [-0.3, -0.25) is 10.1 Å². The molecule has 1 amide bonds. The summed E-state index contributed by atoms with van der Waals surface area (Å²) in [7, 11) is 0. The van der Waals surface area contributed by atoms with Crippen LogP contribution in [0.5, 0.6) is 0 Å². The standard InChI is InChI=1S/C17H30N2O2/c1-3-6-15-17(20)19(14-9-10-21-12(2)11-14)16(18-15)13-7-4-5-8-13/h12-16,18H,3-11H2,1-2H3. The molecule has 1 saturated carbocycles. The molecule has 0 aromatic carbocycles. The molecule has 4 heteroatoms. The van der Waals surface area contributed by atoms with Crippen molar-refractivity contribution >= 4 is 5.91 Å². The molecule has 3 fully saturated rings. The van der Waals surface area contributed by atoms with Gasteiger partial charge in [-0.25, -0.2) is 0 Å². The van der Waals surface area contributed by atoms with Gasteiger partial charge in [0.1, 0.15) is 0 Å². The van der Waals surface area contributed by atoms with Crippen molar-refractivity contribution in [1.29, 1.82) is 0 Å². The second-order valence-electron chi connectivity index (χ2n) is 7.10. The highest BCUT2D eigenvalue weighted by Gasteiger charge is 2.46. The molecule has 2 aliphatic heterocycles. The lowest BCUT2D eigenvalue weighted by Crippen LogP contribution is -2.50. The SMILES string of the molecule is CCCC1NC(C2CCCC2)N(C2CCOC(C)C2)C1=O. The van der Waals surface area contributed by atoms with Crippen LogP contribution in [-0.4, -0.2) is 41.8 Å². The Hall–Kier alpha value is -0.610. The number of nitrogens with one attached hydrogen (secondary N) is 1. The summed E-state index contributed by atoms with van der Waals surface area (Å²) in [4.78, 5) is 15.1. The summed E-state index contributed by atoms with van der Waals surface area (Å²) in [5, 5.41) is 3.68. The van der Waals surface area contributed by atoms with Crippen LogP contribution in [0.2, 0.25) is 0 Å². The van der Waals surface area contributed by atoms with Crippen LogP contribution in [0, 0.1) is 5.92 Å². The Morgan fingerprint density at radius 2 is 2.05 bits per heavy atom. The number of carbonyl (C=O) groups excluding carboxylic acids is 1. The molecule has 4 unspecified atom stereocenters. The third-order valence-electron chi connectivity index (χ3n) is 5.50. The molecular weight excluding hydrogens is 264 g/mol. The van der Waals surface area contributed by atoms with E-state index >= 15 is 0 Å². The van der Waals surface area contributed by atoms with E-state index < -0.39 is 0 Å². The predicted octanol–water partition coefficient (Wildman–Crippen LogP) is 2.67. The first-order valence-electron chi connectivity index (χ1n) is 8.90. The summed E-state index contributed by atoms with van der Waals surface area (Å²) in [5.74, 6) is 1.02. The highest BCUT2D eigenvalue weighted by atomic mass is 16.5. The molecule has 0 aromatic heterocycles. The number of carbonyl (C=O) groups is 1. The van der Waals surface area contributed by atoms with E-state index in [-0.39, 0.29) is 18.3 Å². The van der Waals surface area contributed by atoms with Crippen molar-refractivity contribution in [2.24, 2.45) is 5.92 Å². The summed E-state index contributed by atoms with van der Waals surface area (Å²) in [6, 6.07) is 0.431. The topological polar surface area (TPSA) is 41.6 Å². The van der Waals surface area contributed by atoms with Crippen molar-refractivity contribution in [3.8, 4) is 0 Å². The van der Waals surface area contributed by atoms with Gasteiger partial charge in [0.15, 0.2) is 0 Å². The lowest BCUT2D eigenvalue weighted by Gasteiger charge is -2.39. The lowest BCUT2D eigenvalue weighted by atomic mass is 9.98. The minimum absolute atomic E-state index is 0.0544. The van der Waals surface area contributed by atoms with Crippen LogP contribution in [0.1, 0.15) is 65.2 Å². The van der Waals surface area contributed by atoms with E-state index in [0.717, 1.165) is 32.3 Å². The molecule has 21 heavy (non-hydrogen) atoms. The Morgan fingerprint density at radius 1 is 1.29 bits per heavy atom. The van der Waals surface area contributed by atoms with Gasteiger partial charge in [0, 0.05) is 12.6 Å². The quantitative estimate of drug-likeness (QED) is 0.867. The van der Waals surface area contributed by atoms with Gasteiger partial charge in [0.25, 0.3) is 0 Å². The van der Waals surface area contributed by atoms with Crippen molar-refractivity contribution in [3.63, 3.8) is 0 Å². The largest absolute Gasteiger partial charge is 0.378 e. The molecule has 4 nitrogen and oxygen atoms in total. The zero-order chi connectivity index (χ0) is 14.8. The fourth-order valence-corrected chi connectivity index (χ4v) is 4.44. The van der Waals surface area contributed by atoms with Gasteiger partial charge in [-0.1, -0.05) is 26.2 Å². The molecule has 2 heterocycles. The number of nitrogens with zero attached hydrogens (tertiary/aromatic N) is 1. The van der Waals surface area contributed by atoms with E-state index in [2.05, 4.69) is 24.1 Å². The summed E-state index contributed by atoms with van der Waals surface area (Å²) in [5.41, 5.74) is 0. The first-order chi connectivity index (χ1) is 10.2. The number of hydrogen-bond donors (Lipinski definition) is 1. The first kappa shape index (κ1) is 15.3. The van der Waals surface area contributed by atoms with Gasteiger partial charge >= 0.3 is 0 Å². The average molecular weight is 294 g/mol. The second-order valence-corrected chi connectivity index (χ2v) is 7.10. The number of hydrogen-bond acceptors (Lipinski definition) is 3. The van der Waals surface area contributed by atoms with E-state index in [1.807, 2.05) is 0 Å². The maximum absolute atomic E-state index is 12.9. The van der Waals surface area contributed by atoms with E-state index in [1.165, 1.54) is 25.7 Å². The monoisotopic (exact) mass is 294 g/mol. The number of amides is 1. The van der Waals surface area contributed by atoms with Gasteiger partial charge in [-0.2, -0.15) is 0 Å². The molecular formula is C17H30N2O2. The van der Waals surface area contributed by atoms with Crippen LogP contribution < -0.4 is 5.32 Å². The lowest BCUT2D eigenvalue weighted by molar-refractivity contribution is -0.136. The summed E-state index contributed by atoms with van der Waals surface area (Å²) < 4.78 is 5.68. The highest BCUT2D eigenvalue weighted by Crippen LogP contribution is 2.35. The number of rotatable bonds is 4. The molecule has 1 aliphatic carbocycles. The smallest absolute Gasteiger partial charge is 0.241 e. The Bertz CT molecular complexity index is 368. The molecule has 0 bridgehead atoms. The highest BCUT2D eigenvalue weighted by molar-refractivity contribution is 5.84. The minimum atomic E-state index is 0.0544. The molecule has 3 rings (SSSR count). The Balaban J connectivity index is 1.76. The summed E-state index contributed by atoms with van der Waals surface area (Å²) in [6.45, 7) is 5.10. The molecule has 0 aromatic rings. The number of ether oxygens (including phenoxy) is 1. The maximum Gasteiger partial charge on any atom is 0.241 e. The van der Waals surface area contributed by atoms with E-state index in [9.17, 15) is 4.79 Å². The zero-order valence-electron chi connectivity index (χ0n) is 13.5. The van der Waals surface area contributed by atoms with E-state index in [4.69, 9.17) is 4.74 Å². The van der Waals surface area contributed by atoms with Gasteiger partial charge in [-0.05, 0) is 44.9 Å². The van der Waals surface area contributed by atoms with Crippen LogP contribution in [-0.2, 0) is 9.53 Å².